The Balaban J connectivity index is 1.75. The van der Waals surface area contributed by atoms with Crippen LogP contribution >= 0.6 is 23.2 Å². The number of alkyl halides is 4. The van der Waals surface area contributed by atoms with Crippen LogP contribution in [0.2, 0.25) is 10.0 Å². The zero-order chi connectivity index (χ0) is 20.4. The topological polar surface area (TPSA) is 60.1 Å². The van der Waals surface area contributed by atoms with Crippen LogP contribution in [0.15, 0.2) is 40.8 Å². The molecule has 1 aromatic carbocycles. The van der Waals surface area contributed by atoms with Crippen molar-refractivity contribution in [2.75, 3.05) is 5.32 Å². The van der Waals surface area contributed by atoms with E-state index in [4.69, 9.17) is 27.6 Å². The van der Waals surface area contributed by atoms with Gasteiger partial charge in [0.15, 0.2) is 5.76 Å². The van der Waals surface area contributed by atoms with Gasteiger partial charge in [-0.3, -0.25) is 9.48 Å². The van der Waals surface area contributed by atoms with Crippen molar-refractivity contribution in [1.29, 1.82) is 0 Å². The Morgan fingerprint density at radius 1 is 1.07 bits per heavy atom. The third-order valence-electron chi connectivity index (χ3n) is 3.65. The number of furan rings is 1. The molecule has 0 spiro atoms. The number of carbonyl (C=O) groups is 1. The van der Waals surface area contributed by atoms with E-state index in [1.807, 2.05) is 0 Å². The Bertz CT molecular complexity index is 1000. The number of nitrogens with one attached hydrogen (secondary N) is 1. The molecule has 0 aliphatic rings. The second-order valence-corrected chi connectivity index (χ2v) is 6.42. The minimum atomic E-state index is -2.99. The largest absolute Gasteiger partial charge is 0.454 e. The lowest BCUT2D eigenvalue weighted by Crippen LogP contribution is -2.11. The van der Waals surface area contributed by atoms with Crippen LogP contribution in [0.4, 0.5) is 23.2 Å². The van der Waals surface area contributed by atoms with E-state index >= 15 is 0 Å². The first-order valence-electron chi connectivity index (χ1n) is 7.73. The van der Waals surface area contributed by atoms with Gasteiger partial charge in [0.2, 0.25) is 0 Å². The number of benzene rings is 1. The highest BCUT2D eigenvalue weighted by atomic mass is 35.5. The van der Waals surface area contributed by atoms with Crippen LogP contribution in [-0.2, 0) is 6.54 Å². The lowest BCUT2D eigenvalue weighted by atomic mass is 10.3. The molecule has 0 fully saturated rings. The quantitative estimate of drug-likeness (QED) is 0.486. The average molecular weight is 436 g/mol. The molecular formula is C17H11Cl2F4N3O2. The first kappa shape index (κ1) is 20.2. The van der Waals surface area contributed by atoms with Crippen LogP contribution < -0.4 is 5.32 Å². The summed E-state index contributed by atoms with van der Waals surface area (Å²) in [5.41, 5.74) is -1.07. The van der Waals surface area contributed by atoms with Crippen LogP contribution in [0.3, 0.4) is 0 Å². The van der Waals surface area contributed by atoms with Crippen molar-refractivity contribution in [1.82, 2.24) is 9.78 Å². The Morgan fingerprint density at radius 3 is 2.46 bits per heavy atom. The number of rotatable bonds is 6. The third kappa shape index (κ3) is 4.48. The summed E-state index contributed by atoms with van der Waals surface area (Å²) in [5.74, 6) is -0.640. The molecule has 28 heavy (non-hydrogen) atoms. The Kier molecular flexibility index (Phi) is 5.95. The molecular weight excluding hydrogens is 425 g/mol. The molecule has 0 saturated heterocycles. The van der Waals surface area contributed by atoms with E-state index in [1.165, 1.54) is 30.3 Å². The van der Waals surface area contributed by atoms with Crippen LogP contribution in [0.5, 0.6) is 0 Å². The number of halogens is 6. The molecule has 2 heterocycles. The molecule has 3 aromatic rings. The summed E-state index contributed by atoms with van der Waals surface area (Å²) in [7, 11) is 0. The number of hydrogen-bond donors (Lipinski definition) is 1. The molecule has 1 N–H and O–H groups in total. The van der Waals surface area contributed by atoms with Gasteiger partial charge in [-0.25, -0.2) is 17.6 Å². The Labute approximate surface area is 165 Å². The van der Waals surface area contributed by atoms with Gasteiger partial charge in [0.05, 0.1) is 16.6 Å². The van der Waals surface area contributed by atoms with Crippen molar-refractivity contribution < 1.29 is 26.8 Å². The molecule has 11 heteroatoms. The van der Waals surface area contributed by atoms with Crippen molar-refractivity contribution in [3.63, 3.8) is 0 Å². The second-order valence-electron chi connectivity index (χ2n) is 5.60. The predicted molar refractivity (Wildman–Crippen MR) is 94.4 cm³/mol. The van der Waals surface area contributed by atoms with E-state index in [-0.39, 0.29) is 23.1 Å². The maximum Gasteiger partial charge on any atom is 0.291 e. The van der Waals surface area contributed by atoms with Gasteiger partial charge in [-0.1, -0.05) is 23.2 Å². The maximum atomic E-state index is 13.0. The Hall–Kier alpha value is -2.52. The van der Waals surface area contributed by atoms with E-state index < -0.39 is 30.1 Å². The number of nitrogens with zero attached hydrogens (tertiary/aromatic N) is 2. The highest BCUT2D eigenvalue weighted by Gasteiger charge is 2.22. The van der Waals surface area contributed by atoms with Gasteiger partial charge in [-0.2, -0.15) is 5.10 Å². The number of anilines is 1. The van der Waals surface area contributed by atoms with Gasteiger partial charge in [0.25, 0.3) is 18.8 Å². The molecule has 0 radical (unpaired) electrons. The van der Waals surface area contributed by atoms with Crippen molar-refractivity contribution in [2.45, 2.75) is 19.4 Å². The van der Waals surface area contributed by atoms with E-state index in [0.29, 0.717) is 21.5 Å². The molecule has 2 aromatic heterocycles. The summed E-state index contributed by atoms with van der Waals surface area (Å²) >= 11 is 11.7. The van der Waals surface area contributed by atoms with Gasteiger partial charge in [0.1, 0.15) is 17.1 Å². The smallest absolute Gasteiger partial charge is 0.291 e. The standard InChI is InChI=1S/C17H11Cl2F4N3O2/c18-10-3-1-8(5-11(10)19)24-17(27)14-4-2-9(28-14)7-26-13(16(22)23)6-12(25-26)15(20)21/h1-6,15-16H,7H2,(H,24,27). The molecule has 3 rings (SSSR count). The zero-order valence-electron chi connectivity index (χ0n) is 13.8. The minimum absolute atomic E-state index is 0.0881. The summed E-state index contributed by atoms with van der Waals surface area (Å²) in [4.78, 5) is 12.2. The second kappa shape index (κ2) is 8.24. The van der Waals surface area contributed by atoms with E-state index in [1.54, 1.807) is 0 Å². The summed E-state index contributed by atoms with van der Waals surface area (Å²) in [5, 5.41) is 6.56. The summed E-state index contributed by atoms with van der Waals surface area (Å²) in [6.45, 7) is -0.341. The van der Waals surface area contributed by atoms with Crippen LogP contribution in [-0.4, -0.2) is 15.7 Å². The average Bonchev–Trinajstić information content (AvgIpc) is 3.26. The first-order chi connectivity index (χ1) is 13.2. The third-order valence-corrected chi connectivity index (χ3v) is 4.38. The van der Waals surface area contributed by atoms with E-state index in [2.05, 4.69) is 10.4 Å². The lowest BCUT2D eigenvalue weighted by Gasteiger charge is -2.05. The summed E-state index contributed by atoms with van der Waals surface area (Å²) in [6.07, 6.45) is -5.98. The fraction of sp³-hybridized carbons (Fsp3) is 0.176. The molecule has 148 valence electrons. The molecule has 0 aliphatic heterocycles. The van der Waals surface area contributed by atoms with E-state index in [9.17, 15) is 22.4 Å². The van der Waals surface area contributed by atoms with Crippen LogP contribution in [0, 0.1) is 0 Å². The maximum absolute atomic E-state index is 13.0. The monoisotopic (exact) mass is 435 g/mol. The molecule has 0 atom stereocenters. The van der Waals surface area contributed by atoms with Crippen molar-refractivity contribution in [3.8, 4) is 0 Å². The Morgan fingerprint density at radius 2 is 1.82 bits per heavy atom. The number of amides is 1. The van der Waals surface area contributed by atoms with Gasteiger partial charge < -0.3 is 9.73 Å². The minimum Gasteiger partial charge on any atom is -0.454 e. The molecule has 0 aliphatic carbocycles. The SMILES string of the molecule is O=C(Nc1ccc(Cl)c(Cl)c1)c1ccc(Cn2nc(C(F)F)cc2C(F)F)o1. The fourth-order valence-electron chi connectivity index (χ4n) is 2.36. The van der Waals surface area contributed by atoms with Crippen molar-refractivity contribution in [3.05, 3.63) is 69.4 Å². The van der Waals surface area contributed by atoms with Gasteiger partial charge in [-0.15, -0.1) is 0 Å². The molecule has 0 unspecified atom stereocenters. The first-order valence-corrected chi connectivity index (χ1v) is 8.49. The normalized spacial score (nSPS) is 11.4. The van der Waals surface area contributed by atoms with Crippen molar-refractivity contribution in [2.24, 2.45) is 0 Å². The zero-order valence-corrected chi connectivity index (χ0v) is 15.3. The number of aromatic nitrogens is 2. The molecule has 1 amide bonds. The highest BCUT2D eigenvalue weighted by molar-refractivity contribution is 6.42. The fourth-order valence-corrected chi connectivity index (χ4v) is 2.66. The van der Waals surface area contributed by atoms with Gasteiger partial charge in [-0.05, 0) is 36.4 Å². The van der Waals surface area contributed by atoms with Gasteiger partial charge >= 0.3 is 0 Å². The molecule has 0 bridgehead atoms. The van der Waals surface area contributed by atoms with E-state index in [0.717, 1.165) is 0 Å². The van der Waals surface area contributed by atoms with Crippen LogP contribution in [0.25, 0.3) is 0 Å². The summed E-state index contributed by atoms with van der Waals surface area (Å²) in [6, 6.07) is 7.79. The number of carbonyl (C=O) groups excluding carboxylic acids is 1. The van der Waals surface area contributed by atoms with Gasteiger partial charge in [0, 0.05) is 5.69 Å². The predicted octanol–water partition coefficient (Wildman–Crippen LogP) is 5.96. The molecule has 5 nitrogen and oxygen atoms in total. The molecule has 0 saturated carbocycles. The van der Waals surface area contributed by atoms with Crippen molar-refractivity contribution >= 4 is 34.8 Å². The lowest BCUT2D eigenvalue weighted by molar-refractivity contribution is 0.0994. The number of hydrogen-bond acceptors (Lipinski definition) is 3. The highest BCUT2D eigenvalue weighted by Crippen LogP contribution is 2.27. The summed E-state index contributed by atoms with van der Waals surface area (Å²) < 4.78 is 57.5. The van der Waals surface area contributed by atoms with Crippen LogP contribution in [0.1, 0.15) is 40.6 Å².